The fourth-order valence-electron chi connectivity index (χ4n) is 3.58. The van der Waals surface area contributed by atoms with Crippen molar-refractivity contribution in [2.24, 2.45) is 0 Å². The van der Waals surface area contributed by atoms with E-state index in [2.05, 4.69) is 39.8 Å². The van der Waals surface area contributed by atoms with Crippen LogP contribution in [0.25, 0.3) is 33.8 Å². The number of anilines is 2. The third-order valence-electron chi connectivity index (χ3n) is 5.35. The van der Waals surface area contributed by atoms with Gasteiger partial charge in [-0.1, -0.05) is 72.3 Å². The van der Waals surface area contributed by atoms with E-state index in [1.807, 2.05) is 61.5 Å². The Hall–Kier alpha value is -4.38. The molecule has 0 unspecified atom stereocenters. The van der Waals surface area contributed by atoms with Crippen molar-refractivity contribution in [3.05, 3.63) is 115 Å². The average Bonchev–Trinajstić information content (AvgIpc) is 2.86. The first-order chi connectivity index (χ1) is 16.2. The van der Waals surface area contributed by atoms with Gasteiger partial charge in [-0.15, -0.1) is 10.2 Å². The topological polar surface area (TPSA) is 50.7 Å². The molecule has 0 fully saturated rings. The van der Waals surface area contributed by atoms with E-state index in [9.17, 15) is 4.39 Å². The van der Waals surface area contributed by atoms with Gasteiger partial charge >= 0.3 is 0 Å². The van der Waals surface area contributed by atoms with Gasteiger partial charge in [-0.2, -0.15) is 0 Å². The third-order valence-corrected chi connectivity index (χ3v) is 5.35. The van der Waals surface area contributed by atoms with Crippen LogP contribution in [0.2, 0.25) is 0 Å². The maximum absolute atomic E-state index is 13.4. The maximum Gasteiger partial charge on any atom is 0.183 e. The predicted molar refractivity (Wildman–Crippen MR) is 131 cm³/mol. The Bertz CT molecular complexity index is 1380. The quantitative estimate of drug-likeness (QED) is 0.323. The first-order valence-electron chi connectivity index (χ1n) is 10.7. The minimum Gasteiger partial charge on any atom is -0.338 e. The Kier molecular flexibility index (Phi) is 5.60. The van der Waals surface area contributed by atoms with Crippen LogP contribution < -0.4 is 5.32 Å². The Morgan fingerprint density at radius 3 is 2.09 bits per heavy atom. The third kappa shape index (κ3) is 4.62. The second-order valence-electron chi connectivity index (χ2n) is 7.78. The van der Waals surface area contributed by atoms with Gasteiger partial charge in [0.15, 0.2) is 11.6 Å². The van der Waals surface area contributed by atoms with Gasteiger partial charge in [-0.3, -0.25) is 0 Å². The summed E-state index contributed by atoms with van der Waals surface area (Å²) in [6.07, 6.45) is 0. The van der Waals surface area contributed by atoms with Gasteiger partial charge in [0.2, 0.25) is 0 Å². The van der Waals surface area contributed by atoms with Gasteiger partial charge in [-0.25, -0.2) is 9.37 Å². The molecular weight excluding hydrogens is 411 g/mol. The molecule has 5 aromatic rings. The predicted octanol–water partition coefficient (Wildman–Crippen LogP) is 7.06. The molecule has 0 saturated heterocycles. The number of rotatable bonds is 5. The molecule has 0 bridgehead atoms. The molecule has 5 heteroatoms. The molecule has 0 aliphatic carbocycles. The van der Waals surface area contributed by atoms with E-state index in [1.165, 1.54) is 12.1 Å². The van der Waals surface area contributed by atoms with E-state index in [4.69, 9.17) is 4.98 Å². The summed E-state index contributed by atoms with van der Waals surface area (Å²) in [6, 6.07) is 32.5. The fraction of sp³-hybridized carbons (Fsp3) is 0.0357. The summed E-state index contributed by atoms with van der Waals surface area (Å²) in [5.74, 6) is 0.699. The summed E-state index contributed by atoms with van der Waals surface area (Å²) in [5, 5.41) is 12.2. The lowest BCUT2D eigenvalue weighted by Gasteiger charge is -2.13. The maximum atomic E-state index is 13.4. The first kappa shape index (κ1) is 20.5. The molecular formula is C28H21FN4. The largest absolute Gasteiger partial charge is 0.338 e. The van der Waals surface area contributed by atoms with Gasteiger partial charge < -0.3 is 5.32 Å². The molecule has 1 heterocycles. The van der Waals surface area contributed by atoms with Crippen LogP contribution in [0, 0.1) is 12.7 Å². The lowest BCUT2D eigenvalue weighted by atomic mass is 10.1. The van der Waals surface area contributed by atoms with E-state index in [1.54, 1.807) is 12.1 Å². The molecule has 160 valence electrons. The molecule has 0 atom stereocenters. The van der Waals surface area contributed by atoms with Crippen LogP contribution in [0.5, 0.6) is 0 Å². The van der Waals surface area contributed by atoms with Crippen LogP contribution in [-0.2, 0) is 0 Å². The van der Waals surface area contributed by atoms with Gasteiger partial charge in [0, 0.05) is 16.8 Å². The molecule has 1 N–H and O–H groups in total. The Morgan fingerprint density at radius 1 is 0.636 bits per heavy atom. The van der Waals surface area contributed by atoms with Gasteiger partial charge in [0.1, 0.15) is 11.5 Å². The number of hydrogen-bond acceptors (Lipinski definition) is 4. The molecule has 0 saturated carbocycles. The SMILES string of the molecule is Cc1ccc(-c2nnc(-c3ccc(F)cc3)nc2Nc2cccc(-c3ccccc3)c2)cc1. The molecule has 0 amide bonds. The Labute approximate surface area is 191 Å². The summed E-state index contributed by atoms with van der Waals surface area (Å²) in [7, 11) is 0. The molecule has 0 spiro atoms. The van der Waals surface area contributed by atoms with E-state index < -0.39 is 0 Å². The number of aryl methyl sites for hydroxylation is 1. The van der Waals surface area contributed by atoms with Gasteiger partial charge in [0.05, 0.1) is 0 Å². The van der Waals surface area contributed by atoms with Crippen molar-refractivity contribution < 1.29 is 4.39 Å². The van der Waals surface area contributed by atoms with Crippen LogP contribution >= 0.6 is 0 Å². The molecule has 4 aromatic carbocycles. The number of aromatic nitrogens is 3. The lowest BCUT2D eigenvalue weighted by molar-refractivity contribution is 0.628. The van der Waals surface area contributed by atoms with E-state index in [-0.39, 0.29) is 5.82 Å². The highest BCUT2D eigenvalue weighted by Crippen LogP contribution is 2.30. The molecule has 33 heavy (non-hydrogen) atoms. The summed E-state index contributed by atoms with van der Waals surface area (Å²) in [4.78, 5) is 4.76. The summed E-state index contributed by atoms with van der Waals surface area (Å²) in [6.45, 7) is 2.04. The zero-order valence-electron chi connectivity index (χ0n) is 18.0. The second kappa shape index (κ2) is 9.01. The normalized spacial score (nSPS) is 10.7. The van der Waals surface area contributed by atoms with E-state index in [0.29, 0.717) is 22.9 Å². The molecule has 0 aliphatic rings. The van der Waals surface area contributed by atoms with Crippen LogP contribution in [0.4, 0.5) is 15.9 Å². The van der Waals surface area contributed by atoms with Crippen LogP contribution in [0.1, 0.15) is 5.56 Å². The molecule has 4 nitrogen and oxygen atoms in total. The summed E-state index contributed by atoms with van der Waals surface area (Å²) < 4.78 is 13.4. The van der Waals surface area contributed by atoms with Crippen molar-refractivity contribution in [1.29, 1.82) is 0 Å². The van der Waals surface area contributed by atoms with Crippen molar-refractivity contribution in [3.8, 4) is 33.8 Å². The first-order valence-corrected chi connectivity index (χ1v) is 10.7. The molecule has 5 rings (SSSR count). The zero-order valence-corrected chi connectivity index (χ0v) is 18.0. The van der Waals surface area contributed by atoms with E-state index >= 15 is 0 Å². The summed E-state index contributed by atoms with van der Waals surface area (Å²) in [5.41, 5.74) is 6.52. The summed E-state index contributed by atoms with van der Waals surface area (Å²) >= 11 is 0. The smallest absolute Gasteiger partial charge is 0.183 e. The monoisotopic (exact) mass is 432 g/mol. The van der Waals surface area contributed by atoms with Gasteiger partial charge in [-0.05, 0) is 54.4 Å². The van der Waals surface area contributed by atoms with Crippen molar-refractivity contribution in [2.45, 2.75) is 6.92 Å². The number of nitrogens with one attached hydrogen (secondary N) is 1. The fourth-order valence-corrected chi connectivity index (χ4v) is 3.58. The minimum absolute atomic E-state index is 0.306. The van der Waals surface area contributed by atoms with Crippen LogP contribution in [-0.4, -0.2) is 15.2 Å². The molecule has 1 aromatic heterocycles. The highest BCUT2D eigenvalue weighted by molar-refractivity contribution is 5.78. The second-order valence-corrected chi connectivity index (χ2v) is 7.78. The van der Waals surface area contributed by atoms with Crippen molar-refractivity contribution >= 4 is 11.5 Å². The standard InChI is InChI=1S/C28H21FN4/c1-19-10-12-21(13-11-19)26-28(31-27(33-32-26)22-14-16-24(29)17-15-22)30-25-9-5-8-23(18-25)20-6-3-2-4-7-20/h2-18H,1H3,(H,30,31,33). The minimum atomic E-state index is -0.306. The highest BCUT2D eigenvalue weighted by atomic mass is 19.1. The van der Waals surface area contributed by atoms with Gasteiger partial charge in [0.25, 0.3) is 0 Å². The van der Waals surface area contributed by atoms with Crippen LogP contribution in [0.15, 0.2) is 103 Å². The molecule has 0 aliphatic heterocycles. The molecule has 0 radical (unpaired) electrons. The number of benzene rings is 4. The van der Waals surface area contributed by atoms with Crippen molar-refractivity contribution in [3.63, 3.8) is 0 Å². The Balaban J connectivity index is 1.57. The highest BCUT2D eigenvalue weighted by Gasteiger charge is 2.14. The zero-order chi connectivity index (χ0) is 22.6. The van der Waals surface area contributed by atoms with Crippen molar-refractivity contribution in [1.82, 2.24) is 15.2 Å². The lowest BCUT2D eigenvalue weighted by Crippen LogP contribution is -2.03. The van der Waals surface area contributed by atoms with Crippen molar-refractivity contribution in [2.75, 3.05) is 5.32 Å². The van der Waals surface area contributed by atoms with Crippen LogP contribution in [0.3, 0.4) is 0 Å². The van der Waals surface area contributed by atoms with E-state index in [0.717, 1.165) is 27.9 Å². The average molecular weight is 433 g/mol. The number of hydrogen-bond donors (Lipinski definition) is 1. The number of nitrogens with zero attached hydrogens (tertiary/aromatic N) is 3. The Morgan fingerprint density at radius 2 is 1.33 bits per heavy atom. The number of halogens is 1.